The molecule has 0 spiro atoms. The van der Waals surface area contributed by atoms with Crippen molar-refractivity contribution in [3.8, 4) is 0 Å². The third-order valence-corrected chi connectivity index (χ3v) is 3.61. The van der Waals surface area contributed by atoms with Crippen LogP contribution >= 0.6 is 23.4 Å². The van der Waals surface area contributed by atoms with Crippen molar-refractivity contribution in [1.82, 2.24) is 0 Å². The molecule has 17 heavy (non-hydrogen) atoms. The molecule has 1 aromatic carbocycles. The molecule has 2 nitrogen and oxygen atoms in total. The molecule has 1 atom stereocenters. The molecular weight excluding hydrogens is 252 g/mol. The van der Waals surface area contributed by atoms with Gasteiger partial charge in [-0.2, -0.15) is 11.8 Å². The predicted molar refractivity (Wildman–Crippen MR) is 80.5 cm³/mol. The van der Waals surface area contributed by atoms with Gasteiger partial charge in [0.15, 0.2) is 0 Å². The number of rotatable bonds is 6. The number of nitrogens with zero attached hydrogens (tertiary/aromatic N) is 1. The van der Waals surface area contributed by atoms with Gasteiger partial charge in [-0.05, 0) is 37.3 Å². The van der Waals surface area contributed by atoms with Crippen molar-refractivity contribution in [2.75, 3.05) is 30.5 Å². The van der Waals surface area contributed by atoms with Crippen LogP contribution in [0.15, 0.2) is 18.2 Å². The van der Waals surface area contributed by atoms with E-state index in [4.69, 9.17) is 17.3 Å². The van der Waals surface area contributed by atoms with Gasteiger partial charge in [-0.3, -0.25) is 0 Å². The molecular formula is C13H21ClN2S. The summed E-state index contributed by atoms with van der Waals surface area (Å²) in [4.78, 5) is 2.25. The van der Waals surface area contributed by atoms with Gasteiger partial charge in [-0.1, -0.05) is 17.7 Å². The van der Waals surface area contributed by atoms with Crippen LogP contribution in [-0.4, -0.2) is 31.6 Å². The first-order chi connectivity index (χ1) is 8.06. The molecule has 0 heterocycles. The van der Waals surface area contributed by atoms with Crippen molar-refractivity contribution in [2.24, 2.45) is 5.73 Å². The Kier molecular flexibility index (Phi) is 6.17. The Morgan fingerprint density at radius 1 is 1.47 bits per heavy atom. The maximum absolute atomic E-state index is 6.26. The highest BCUT2D eigenvalue weighted by molar-refractivity contribution is 7.98. The zero-order valence-corrected chi connectivity index (χ0v) is 12.3. The summed E-state index contributed by atoms with van der Waals surface area (Å²) in [5, 5.41) is 0.816. The second-order valence-electron chi connectivity index (χ2n) is 4.33. The predicted octanol–water partition coefficient (Wildman–Crippen LogP) is 3.03. The summed E-state index contributed by atoms with van der Waals surface area (Å²) in [6.07, 6.45) is 2.94. The van der Waals surface area contributed by atoms with Gasteiger partial charge in [0.25, 0.3) is 0 Å². The fourth-order valence-electron chi connectivity index (χ4n) is 1.78. The minimum absolute atomic E-state index is 0.127. The number of thioether (sulfide) groups is 1. The highest BCUT2D eigenvalue weighted by Crippen LogP contribution is 2.28. The lowest BCUT2D eigenvalue weighted by Gasteiger charge is -2.23. The van der Waals surface area contributed by atoms with E-state index < -0.39 is 0 Å². The van der Waals surface area contributed by atoms with Crippen LogP contribution in [0.3, 0.4) is 0 Å². The number of anilines is 1. The summed E-state index contributed by atoms with van der Waals surface area (Å²) in [5.41, 5.74) is 8.24. The molecule has 2 N–H and O–H groups in total. The molecule has 1 aromatic rings. The van der Waals surface area contributed by atoms with Crippen molar-refractivity contribution < 1.29 is 0 Å². The Labute approximate surface area is 114 Å². The van der Waals surface area contributed by atoms with E-state index in [0.717, 1.165) is 29.3 Å². The Morgan fingerprint density at radius 2 is 2.18 bits per heavy atom. The SMILES string of the molecule is CSCCN(C)c1cccc(Cl)c1CC(C)N. The summed E-state index contributed by atoms with van der Waals surface area (Å²) >= 11 is 8.11. The molecule has 0 aliphatic heterocycles. The third-order valence-electron chi connectivity index (χ3n) is 2.66. The Morgan fingerprint density at radius 3 is 2.76 bits per heavy atom. The number of hydrogen-bond acceptors (Lipinski definition) is 3. The van der Waals surface area contributed by atoms with Crippen LogP contribution in [0.4, 0.5) is 5.69 Å². The summed E-state index contributed by atoms with van der Waals surface area (Å²) in [6.45, 7) is 3.03. The standard InChI is InChI=1S/C13H21ClN2S/c1-10(15)9-11-12(14)5-4-6-13(11)16(2)7-8-17-3/h4-6,10H,7-9,15H2,1-3H3. The van der Waals surface area contributed by atoms with Gasteiger partial charge in [0, 0.05) is 36.1 Å². The zero-order chi connectivity index (χ0) is 12.8. The molecule has 0 aliphatic rings. The van der Waals surface area contributed by atoms with Crippen molar-refractivity contribution in [3.05, 3.63) is 28.8 Å². The Bertz CT molecular complexity index is 355. The van der Waals surface area contributed by atoms with Crippen LogP contribution in [0.2, 0.25) is 5.02 Å². The fraction of sp³-hybridized carbons (Fsp3) is 0.538. The van der Waals surface area contributed by atoms with Crippen molar-refractivity contribution >= 4 is 29.1 Å². The van der Waals surface area contributed by atoms with E-state index in [2.05, 4.69) is 24.3 Å². The molecule has 0 fully saturated rings. The fourth-order valence-corrected chi connectivity index (χ4v) is 2.48. The lowest BCUT2D eigenvalue weighted by Crippen LogP contribution is -2.24. The molecule has 0 saturated carbocycles. The van der Waals surface area contributed by atoms with Gasteiger partial charge in [0.05, 0.1) is 0 Å². The number of hydrogen-bond donors (Lipinski definition) is 1. The topological polar surface area (TPSA) is 29.3 Å². The smallest absolute Gasteiger partial charge is 0.0459 e. The molecule has 96 valence electrons. The number of benzene rings is 1. The van der Waals surface area contributed by atoms with Gasteiger partial charge in [-0.25, -0.2) is 0 Å². The second kappa shape index (κ2) is 7.14. The Hall–Kier alpha value is -0.380. The van der Waals surface area contributed by atoms with E-state index in [9.17, 15) is 0 Å². The van der Waals surface area contributed by atoms with Crippen molar-refractivity contribution in [3.63, 3.8) is 0 Å². The lowest BCUT2D eigenvalue weighted by molar-refractivity contribution is 0.735. The minimum Gasteiger partial charge on any atom is -0.374 e. The number of halogens is 1. The third kappa shape index (κ3) is 4.41. The number of nitrogens with two attached hydrogens (primary N) is 1. The molecule has 1 unspecified atom stereocenters. The average Bonchev–Trinajstić information content (AvgIpc) is 2.28. The highest BCUT2D eigenvalue weighted by atomic mass is 35.5. The molecule has 4 heteroatoms. The molecule has 1 rings (SSSR count). The average molecular weight is 273 g/mol. The largest absolute Gasteiger partial charge is 0.374 e. The van der Waals surface area contributed by atoms with Crippen LogP contribution in [0.25, 0.3) is 0 Å². The minimum atomic E-state index is 0.127. The highest BCUT2D eigenvalue weighted by Gasteiger charge is 2.12. The zero-order valence-electron chi connectivity index (χ0n) is 10.7. The normalized spacial score (nSPS) is 12.5. The second-order valence-corrected chi connectivity index (χ2v) is 5.73. The van der Waals surface area contributed by atoms with Gasteiger partial charge < -0.3 is 10.6 Å². The van der Waals surface area contributed by atoms with Crippen LogP contribution in [0.5, 0.6) is 0 Å². The van der Waals surface area contributed by atoms with Crippen LogP contribution in [-0.2, 0) is 6.42 Å². The van der Waals surface area contributed by atoms with Gasteiger partial charge in [0.1, 0.15) is 0 Å². The van der Waals surface area contributed by atoms with E-state index >= 15 is 0 Å². The van der Waals surface area contributed by atoms with Gasteiger partial charge in [0.2, 0.25) is 0 Å². The first-order valence-electron chi connectivity index (χ1n) is 5.79. The molecule has 0 aromatic heterocycles. The quantitative estimate of drug-likeness (QED) is 0.863. The molecule has 0 amide bonds. The van der Waals surface area contributed by atoms with Crippen molar-refractivity contribution in [2.45, 2.75) is 19.4 Å². The summed E-state index contributed by atoms with van der Waals surface area (Å²) < 4.78 is 0. The van der Waals surface area contributed by atoms with E-state index in [1.807, 2.05) is 30.8 Å². The summed E-state index contributed by atoms with van der Waals surface area (Å²) in [7, 11) is 2.10. The van der Waals surface area contributed by atoms with Crippen LogP contribution in [0.1, 0.15) is 12.5 Å². The molecule has 0 aliphatic carbocycles. The van der Waals surface area contributed by atoms with Crippen LogP contribution < -0.4 is 10.6 Å². The maximum Gasteiger partial charge on any atom is 0.0459 e. The molecule has 0 saturated heterocycles. The molecule has 0 radical (unpaired) electrons. The van der Waals surface area contributed by atoms with Crippen molar-refractivity contribution in [1.29, 1.82) is 0 Å². The maximum atomic E-state index is 6.26. The summed E-state index contributed by atoms with van der Waals surface area (Å²) in [6, 6.07) is 6.18. The Balaban J connectivity index is 2.92. The van der Waals surface area contributed by atoms with Crippen LogP contribution in [0, 0.1) is 0 Å². The van der Waals surface area contributed by atoms with E-state index in [1.54, 1.807) is 0 Å². The molecule has 0 bridgehead atoms. The van der Waals surface area contributed by atoms with Gasteiger partial charge in [-0.15, -0.1) is 0 Å². The first kappa shape index (κ1) is 14.7. The van der Waals surface area contributed by atoms with E-state index in [1.165, 1.54) is 5.69 Å². The first-order valence-corrected chi connectivity index (χ1v) is 7.56. The van der Waals surface area contributed by atoms with E-state index in [0.29, 0.717) is 0 Å². The van der Waals surface area contributed by atoms with Gasteiger partial charge >= 0.3 is 0 Å². The van der Waals surface area contributed by atoms with E-state index in [-0.39, 0.29) is 6.04 Å². The monoisotopic (exact) mass is 272 g/mol. The summed E-state index contributed by atoms with van der Waals surface area (Å²) in [5.74, 6) is 1.11. The lowest BCUT2D eigenvalue weighted by atomic mass is 10.0.